The molecule has 1 N–H and O–H groups in total. The van der Waals surface area contributed by atoms with Crippen molar-refractivity contribution >= 4 is 0 Å². The van der Waals surface area contributed by atoms with E-state index in [4.69, 9.17) is 4.74 Å². The van der Waals surface area contributed by atoms with Crippen LogP contribution in [0, 0.1) is 11.3 Å². The van der Waals surface area contributed by atoms with Crippen molar-refractivity contribution in [2.45, 2.75) is 64.9 Å². The molecule has 2 heteroatoms. The smallest absolute Gasteiger partial charge is 0.161 e. The van der Waals surface area contributed by atoms with Crippen LogP contribution < -0.4 is 4.74 Å². The summed E-state index contributed by atoms with van der Waals surface area (Å²) in [5, 5.41) is 10.5. The van der Waals surface area contributed by atoms with E-state index in [1.807, 2.05) is 24.3 Å². The van der Waals surface area contributed by atoms with Gasteiger partial charge in [0.25, 0.3) is 0 Å². The Bertz CT molecular complexity index is 793. The summed E-state index contributed by atoms with van der Waals surface area (Å²) in [5.74, 6) is 1.59. The molecule has 0 bridgehead atoms. The minimum absolute atomic E-state index is 0.188. The molecule has 2 atom stereocenters. The Balaban J connectivity index is 1.67. The molecule has 2 nitrogen and oxygen atoms in total. The third kappa shape index (κ3) is 2.90. The summed E-state index contributed by atoms with van der Waals surface area (Å²) in [7, 11) is 0. The lowest BCUT2D eigenvalue weighted by atomic mass is 9.50. The molecule has 4 rings (SSSR count). The molecule has 2 aliphatic rings. The summed E-state index contributed by atoms with van der Waals surface area (Å²) < 4.78 is 6.02. The van der Waals surface area contributed by atoms with Gasteiger partial charge in [0.1, 0.15) is 6.61 Å². The van der Waals surface area contributed by atoms with E-state index in [1.54, 1.807) is 0 Å². The monoisotopic (exact) mass is 350 g/mol. The van der Waals surface area contributed by atoms with Crippen LogP contribution in [-0.2, 0) is 18.4 Å². The van der Waals surface area contributed by atoms with Gasteiger partial charge in [-0.1, -0.05) is 57.5 Å². The SMILES string of the molecule is CC1(C)CCC[C@@]2(C)c3cc(OCc4ccccc4)c(O)cc3CC[C@H]12. The van der Waals surface area contributed by atoms with Gasteiger partial charge in [-0.05, 0) is 71.3 Å². The van der Waals surface area contributed by atoms with Crippen LogP contribution >= 0.6 is 0 Å². The van der Waals surface area contributed by atoms with E-state index >= 15 is 0 Å². The normalized spacial score (nSPS) is 26.7. The molecule has 1 fully saturated rings. The third-order valence-electron chi connectivity index (χ3n) is 6.97. The number of phenols is 1. The number of phenolic OH excluding ortho intramolecular Hbond substituents is 1. The van der Waals surface area contributed by atoms with Crippen molar-refractivity contribution in [1.82, 2.24) is 0 Å². The summed E-state index contributed by atoms with van der Waals surface area (Å²) in [4.78, 5) is 0. The van der Waals surface area contributed by atoms with Crippen LogP contribution in [0.4, 0.5) is 0 Å². The van der Waals surface area contributed by atoms with Crippen LogP contribution in [0.5, 0.6) is 11.5 Å². The molecule has 0 aromatic heterocycles. The van der Waals surface area contributed by atoms with Crippen LogP contribution in [0.25, 0.3) is 0 Å². The van der Waals surface area contributed by atoms with E-state index in [9.17, 15) is 5.11 Å². The van der Waals surface area contributed by atoms with Gasteiger partial charge in [-0.15, -0.1) is 0 Å². The Labute approximate surface area is 157 Å². The molecule has 0 aliphatic heterocycles. The maximum Gasteiger partial charge on any atom is 0.161 e. The summed E-state index contributed by atoms with van der Waals surface area (Å²) in [5.41, 5.74) is 4.41. The predicted molar refractivity (Wildman–Crippen MR) is 106 cm³/mol. The van der Waals surface area contributed by atoms with Gasteiger partial charge in [-0.2, -0.15) is 0 Å². The zero-order valence-electron chi connectivity index (χ0n) is 16.2. The Morgan fingerprint density at radius 1 is 1.08 bits per heavy atom. The van der Waals surface area contributed by atoms with Crippen molar-refractivity contribution in [2.24, 2.45) is 11.3 Å². The van der Waals surface area contributed by atoms with Crippen molar-refractivity contribution < 1.29 is 9.84 Å². The number of aromatic hydroxyl groups is 1. The average Bonchev–Trinajstić information content (AvgIpc) is 2.60. The van der Waals surface area contributed by atoms with Gasteiger partial charge in [0.2, 0.25) is 0 Å². The molecule has 2 aromatic carbocycles. The van der Waals surface area contributed by atoms with Crippen LogP contribution in [0.15, 0.2) is 42.5 Å². The van der Waals surface area contributed by atoms with E-state index in [1.165, 1.54) is 36.8 Å². The standard InChI is InChI=1S/C24H30O2/c1-23(2)12-7-13-24(3)19-15-21(26-16-17-8-5-4-6-9-17)20(25)14-18(19)10-11-22(23)24/h4-6,8-9,14-15,22,25H,7,10-13,16H2,1-3H3/t22-,24+/m1/s1. The molecule has 0 amide bonds. The van der Waals surface area contributed by atoms with Gasteiger partial charge in [-0.25, -0.2) is 0 Å². The van der Waals surface area contributed by atoms with Crippen LogP contribution in [-0.4, -0.2) is 5.11 Å². The molecule has 0 heterocycles. The number of benzene rings is 2. The lowest BCUT2D eigenvalue weighted by molar-refractivity contribution is 0.0404. The fraction of sp³-hybridized carbons (Fsp3) is 0.500. The maximum atomic E-state index is 10.5. The average molecular weight is 351 g/mol. The highest BCUT2D eigenvalue weighted by Gasteiger charge is 2.49. The highest BCUT2D eigenvalue weighted by Crippen LogP contribution is 2.58. The number of ether oxygens (including phenoxy) is 1. The minimum Gasteiger partial charge on any atom is -0.504 e. The second-order valence-corrected chi connectivity index (χ2v) is 9.10. The van der Waals surface area contributed by atoms with Crippen molar-refractivity contribution in [1.29, 1.82) is 0 Å². The molecular formula is C24H30O2. The number of hydrogen-bond donors (Lipinski definition) is 1. The highest BCUT2D eigenvalue weighted by molar-refractivity contribution is 5.51. The Morgan fingerprint density at radius 3 is 2.62 bits per heavy atom. The zero-order valence-corrected chi connectivity index (χ0v) is 16.2. The lowest BCUT2D eigenvalue weighted by Gasteiger charge is -2.54. The number of aryl methyl sites for hydroxylation is 1. The van der Waals surface area contributed by atoms with Crippen molar-refractivity contribution in [3.05, 3.63) is 59.2 Å². The number of rotatable bonds is 3. The van der Waals surface area contributed by atoms with Crippen LogP contribution in [0.1, 0.15) is 63.1 Å². The van der Waals surface area contributed by atoms with Gasteiger partial charge in [-0.3, -0.25) is 0 Å². The van der Waals surface area contributed by atoms with E-state index in [0.29, 0.717) is 23.7 Å². The largest absolute Gasteiger partial charge is 0.504 e. The highest BCUT2D eigenvalue weighted by atomic mass is 16.5. The van der Waals surface area contributed by atoms with Crippen molar-refractivity contribution in [3.63, 3.8) is 0 Å². The minimum atomic E-state index is 0.188. The van der Waals surface area contributed by atoms with E-state index in [-0.39, 0.29) is 11.2 Å². The quantitative estimate of drug-likeness (QED) is 0.735. The second-order valence-electron chi connectivity index (χ2n) is 9.10. The van der Waals surface area contributed by atoms with E-state index in [2.05, 4.69) is 39.0 Å². The number of fused-ring (bicyclic) bond motifs is 3. The Kier molecular flexibility index (Phi) is 4.25. The molecule has 2 aliphatic carbocycles. The Morgan fingerprint density at radius 2 is 1.85 bits per heavy atom. The Hall–Kier alpha value is -1.96. The molecule has 0 spiro atoms. The van der Waals surface area contributed by atoms with Crippen LogP contribution in [0.3, 0.4) is 0 Å². The molecule has 0 saturated heterocycles. The summed E-state index contributed by atoms with van der Waals surface area (Å²) in [6, 6.07) is 14.2. The van der Waals surface area contributed by atoms with E-state index in [0.717, 1.165) is 12.0 Å². The topological polar surface area (TPSA) is 29.5 Å². The fourth-order valence-corrected chi connectivity index (χ4v) is 5.65. The van der Waals surface area contributed by atoms with Gasteiger partial charge >= 0.3 is 0 Å². The van der Waals surface area contributed by atoms with E-state index < -0.39 is 0 Å². The van der Waals surface area contributed by atoms with Gasteiger partial charge < -0.3 is 9.84 Å². The first kappa shape index (κ1) is 17.5. The maximum absolute atomic E-state index is 10.5. The molecule has 0 unspecified atom stereocenters. The molecule has 0 radical (unpaired) electrons. The van der Waals surface area contributed by atoms with Gasteiger partial charge in [0, 0.05) is 0 Å². The molecule has 2 aromatic rings. The first-order valence-electron chi connectivity index (χ1n) is 9.93. The summed E-state index contributed by atoms with van der Waals surface area (Å²) in [6.45, 7) is 7.80. The molecular weight excluding hydrogens is 320 g/mol. The second kappa shape index (κ2) is 6.33. The first-order valence-corrected chi connectivity index (χ1v) is 9.93. The summed E-state index contributed by atoms with van der Waals surface area (Å²) in [6.07, 6.45) is 6.11. The molecule has 26 heavy (non-hydrogen) atoms. The van der Waals surface area contributed by atoms with Crippen LogP contribution in [0.2, 0.25) is 0 Å². The number of hydrogen-bond acceptors (Lipinski definition) is 2. The predicted octanol–water partition coefficient (Wildman–Crippen LogP) is 6.00. The summed E-state index contributed by atoms with van der Waals surface area (Å²) >= 11 is 0. The zero-order chi connectivity index (χ0) is 18.4. The first-order chi connectivity index (χ1) is 12.4. The molecule has 1 saturated carbocycles. The van der Waals surface area contributed by atoms with Crippen molar-refractivity contribution in [2.75, 3.05) is 0 Å². The van der Waals surface area contributed by atoms with Crippen molar-refractivity contribution in [3.8, 4) is 11.5 Å². The molecule has 138 valence electrons. The van der Waals surface area contributed by atoms with Gasteiger partial charge in [0.05, 0.1) is 0 Å². The lowest BCUT2D eigenvalue weighted by Crippen LogP contribution is -2.47. The fourth-order valence-electron chi connectivity index (χ4n) is 5.65. The third-order valence-corrected chi connectivity index (χ3v) is 6.97. The van der Waals surface area contributed by atoms with Gasteiger partial charge in [0.15, 0.2) is 11.5 Å².